The molecular formula is C10H10IN. The molecule has 1 aromatic carbocycles. The number of benzene rings is 1. The molecule has 0 aromatic heterocycles. The van der Waals surface area contributed by atoms with Crippen molar-refractivity contribution in [3.8, 4) is 12.3 Å². The maximum atomic E-state index is 5.22. The van der Waals surface area contributed by atoms with Crippen LogP contribution in [0.15, 0.2) is 24.3 Å². The van der Waals surface area contributed by atoms with Crippen LogP contribution in [0, 0.1) is 15.9 Å². The van der Waals surface area contributed by atoms with Gasteiger partial charge >= 0.3 is 0 Å². The number of nitrogens with zero attached hydrogens (tertiary/aromatic N) is 1. The van der Waals surface area contributed by atoms with Gasteiger partial charge < -0.3 is 4.90 Å². The molecule has 0 aliphatic carbocycles. The quantitative estimate of drug-likeness (QED) is 0.589. The zero-order valence-corrected chi connectivity index (χ0v) is 9.08. The highest BCUT2D eigenvalue weighted by Gasteiger charge is 2.01. The van der Waals surface area contributed by atoms with Crippen LogP contribution in [0.1, 0.15) is 0 Å². The molecule has 0 unspecified atom stereocenters. The van der Waals surface area contributed by atoms with Crippen molar-refractivity contribution in [3.05, 3.63) is 27.8 Å². The van der Waals surface area contributed by atoms with E-state index in [0.717, 1.165) is 0 Å². The maximum Gasteiger partial charge on any atom is 0.0788 e. The zero-order chi connectivity index (χ0) is 8.97. The highest BCUT2D eigenvalue weighted by atomic mass is 127. The molecule has 0 heterocycles. The molecule has 0 bridgehead atoms. The summed E-state index contributed by atoms with van der Waals surface area (Å²) in [5.74, 6) is 2.62. The van der Waals surface area contributed by atoms with Crippen LogP contribution in [0.2, 0.25) is 0 Å². The van der Waals surface area contributed by atoms with Crippen LogP contribution in [-0.4, -0.2) is 13.6 Å². The normalized spacial score (nSPS) is 9.08. The Balaban J connectivity index is 2.88. The first-order valence-electron chi connectivity index (χ1n) is 3.65. The van der Waals surface area contributed by atoms with Crippen molar-refractivity contribution < 1.29 is 0 Å². The molecule has 1 aromatic rings. The number of hydrogen-bond donors (Lipinski definition) is 0. The predicted molar refractivity (Wildman–Crippen MR) is 61.3 cm³/mol. The summed E-state index contributed by atoms with van der Waals surface area (Å²) in [5.41, 5.74) is 1.19. The van der Waals surface area contributed by atoms with Crippen LogP contribution in [0.5, 0.6) is 0 Å². The van der Waals surface area contributed by atoms with E-state index in [1.165, 1.54) is 9.26 Å². The van der Waals surface area contributed by atoms with Crippen LogP contribution in [0.4, 0.5) is 5.69 Å². The summed E-state index contributed by atoms with van der Waals surface area (Å²) in [6.07, 6.45) is 5.22. The molecule has 0 N–H and O–H groups in total. The first kappa shape index (κ1) is 9.40. The third kappa shape index (κ3) is 2.15. The van der Waals surface area contributed by atoms with E-state index < -0.39 is 0 Å². The van der Waals surface area contributed by atoms with Gasteiger partial charge in [-0.25, -0.2) is 0 Å². The number of rotatable bonds is 2. The van der Waals surface area contributed by atoms with E-state index >= 15 is 0 Å². The smallest absolute Gasteiger partial charge is 0.0788 e. The predicted octanol–water partition coefficient (Wildman–Crippen LogP) is 2.36. The Hall–Kier alpha value is -0.690. The Kier molecular flexibility index (Phi) is 3.42. The van der Waals surface area contributed by atoms with E-state index in [-0.39, 0.29) is 0 Å². The maximum absolute atomic E-state index is 5.22. The molecule has 1 nitrogen and oxygen atoms in total. The molecule has 0 radical (unpaired) electrons. The van der Waals surface area contributed by atoms with Crippen LogP contribution in [0.25, 0.3) is 0 Å². The largest absolute Gasteiger partial charge is 0.363 e. The molecule has 0 aliphatic rings. The molecule has 0 saturated heterocycles. The van der Waals surface area contributed by atoms with E-state index in [4.69, 9.17) is 6.42 Å². The molecule has 0 fully saturated rings. The lowest BCUT2D eigenvalue weighted by Crippen LogP contribution is -2.17. The van der Waals surface area contributed by atoms with Crippen LogP contribution >= 0.6 is 22.6 Å². The Morgan fingerprint density at radius 1 is 1.50 bits per heavy atom. The molecule has 2 heteroatoms. The van der Waals surface area contributed by atoms with Crippen molar-refractivity contribution in [3.63, 3.8) is 0 Å². The second-order valence-electron chi connectivity index (χ2n) is 2.51. The highest BCUT2D eigenvalue weighted by molar-refractivity contribution is 14.1. The van der Waals surface area contributed by atoms with Gasteiger partial charge in [-0.3, -0.25) is 0 Å². The molecule has 0 saturated carbocycles. The fourth-order valence-electron chi connectivity index (χ4n) is 0.983. The van der Waals surface area contributed by atoms with Gasteiger partial charge in [0.25, 0.3) is 0 Å². The number of hydrogen-bond acceptors (Lipinski definition) is 1. The highest BCUT2D eigenvalue weighted by Crippen LogP contribution is 2.19. The molecule has 12 heavy (non-hydrogen) atoms. The zero-order valence-electron chi connectivity index (χ0n) is 6.92. The lowest BCUT2D eigenvalue weighted by atomic mass is 10.3. The number of halogens is 1. The van der Waals surface area contributed by atoms with E-state index in [0.29, 0.717) is 6.54 Å². The third-order valence-electron chi connectivity index (χ3n) is 1.59. The molecular weight excluding hydrogens is 261 g/mol. The molecule has 62 valence electrons. The Morgan fingerprint density at radius 3 is 2.75 bits per heavy atom. The monoisotopic (exact) mass is 271 g/mol. The Bertz CT molecular complexity index is 301. The molecule has 1 rings (SSSR count). The first-order chi connectivity index (χ1) is 5.75. The summed E-state index contributed by atoms with van der Waals surface area (Å²) in [7, 11) is 2.00. The average molecular weight is 271 g/mol. The van der Waals surface area contributed by atoms with Gasteiger partial charge in [-0.05, 0) is 34.7 Å². The first-order valence-corrected chi connectivity index (χ1v) is 4.72. The van der Waals surface area contributed by atoms with Crippen molar-refractivity contribution in [2.45, 2.75) is 0 Å². The van der Waals surface area contributed by atoms with E-state index in [2.05, 4.69) is 45.5 Å². The summed E-state index contributed by atoms with van der Waals surface area (Å²) >= 11 is 2.31. The summed E-state index contributed by atoms with van der Waals surface area (Å²) in [5, 5.41) is 0. The van der Waals surface area contributed by atoms with Gasteiger partial charge in [-0.1, -0.05) is 18.1 Å². The summed E-state index contributed by atoms with van der Waals surface area (Å²) in [6, 6.07) is 8.18. The van der Waals surface area contributed by atoms with Gasteiger partial charge in [-0.15, -0.1) is 6.42 Å². The fourth-order valence-corrected chi connectivity index (χ4v) is 1.78. The standard InChI is InChI=1S/C10H10IN/c1-3-8-12(2)10-7-5-4-6-9(10)11/h1,4-7H,8H2,2H3. The number of terminal acetylenes is 1. The minimum Gasteiger partial charge on any atom is -0.363 e. The second-order valence-corrected chi connectivity index (χ2v) is 3.67. The second kappa shape index (κ2) is 4.36. The summed E-state index contributed by atoms with van der Waals surface area (Å²) in [4.78, 5) is 2.06. The van der Waals surface area contributed by atoms with Crippen LogP contribution in [0.3, 0.4) is 0 Å². The topological polar surface area (TPSA) is 3.24 Å². The van der Waals surface area contributed by atoms with Gasteiger partial charge in [0.05, 0.1) is 12.2 Å². The van der Waals surface area contributed by atoms with Crippen molar-refractivity contribution in [2.24, 2.45) is 0 Å². The molecule has 0 amide bonds. The fraction of sp³-hybridized carbons (Fsp3) is 0.200. The van der Waals surface area contributed by atoms with Gasteiger partial charge in [0.1, 0.15) is 0 Å². The third-order valence-corrected chi connectivity index (χ3v) is 2.50. The minimum absolute atomic E-state index is 0.653. The minimum atomic E-state index is 0.653. The molecule has 0 atom stereocenters. The molecule has 0 spiro atoms. The summed E-state index contributed by atoms with van der Waals surface area (Å²) in [6.45, 7) is 0.653. The van der Waals surface area contributed by atoms with Crippen LogP contribution in [-0.2, 0) is 0 Å². The van der Waals surface area contributed by atoms with Crippen molar-refractivity contribution in [1.82, 2.24) is 0 Å². The lowest BCUT2D eigenvalue weighted by molar-refractivity contribution is 1.05. The Morgan fingerprint density at radius 2 is 2.17 bits per heavy atom. The van der Waals surface area contributed by atoms with Crippen LogP contribution < -0.4 is 4.90 Å². The van der Waals surface area contributed by atoms with Gasteiger partial charge in [0, 0.05) is 10.6 Å². The molecule has 0 aliphatic heterocycles. The number of para-hydroxylation sites is 1. The van der Waals surface area contributed by atoms with Crippen molar-refractivity contribution in [2.75, 3.05) is 18.5 Å². The van der Waals surface area contributed by atoms with Crippen molar-refractivity contribution >= 4 is 28.3 Å². The van der Waals surface area contributed by atoms with Gasteiger partial charge in [-0.2, -0.15) is 0 Å². The van der Waals surface area contributed by atoms with E-state index in [9.17, 15) is 0 Å². The van der Waals surface area contributed by atoms with Crippen molar-refractivity contribution in [1.29, 1.82) is 0 Å². The van der Waals surface area contributed by atoms with Gasteiger partial charge in [0.15, 0.2) is 0 Å². The Labute approximate surface area is 86.9 Å². The SMILES string of the molecule is C#CCN(C)c1ccccc1I. The van der Waals surface area contributed by atoms with E-state index in [1.807, 2.05) is 19.2 Å². The van der Waals surface area contributed by atoms with E-state index in [1.54, 1.807) is 0 Å². The summed E-state index contributed by atoms with van der Waals surface area (Å²) < 4.78 is 1.23. The van der Waals surface area contributed by atoms with Gasteiger partial charge in [0.2, 0.25) is 0 Å². The number of anilines is 1. The average Bonchev–Trinajstić information content (AvgIpc) is 2.05. The lowest BCUT2D eigenvalue weighted by Gasteiger charge is -2.17.